The molecule has 7 heteroatoms. The van der Waals surface area contributed by atoms with E-state index in [1.165, 1.54) is 7.11 Å². The highest BCUT2D eigenvalue weighted by Crippen LogP contribution is 2.37. The molecule has 2 aromatic rings. The number of esters is 1. The van der Waals surface area contributed by atoms with Gasteiger partial charge in [-0.2, -0.15) is 9.83 Å². The van der Waals surface area contributed by atoms with Gasteiger partial charge in [-0.15, -0.1) is 12.6 Å². The Morgan fingerprint density at radius 3 is 2.46 bits per heavy atom. The monoisotopic (exact) mass is 366 g/mol. The van der Waals surface area contributed by atoms with Crippen molar-refractivity contribution in [3.63, 3.8) is 0 Å². The molecular formula is C19H16N3O3S+. The van der Waals surface area contributed by atoms with Crippen molar-refractivity contribution in [1.82, 2.24) is 5.32 Å². The molecule has 0 fully saturated rings. The van der Waals surface area contributed by atoms with Crippen LogP contribution in [0, 0.1) is 11.3 Å². The van der Waals surface area contributed by atoms with E-state index in [0.717, 1.165) is 5.56 Å². The standard InChI is InChI=1S/C19H15N3O3S/c1-25-19(24)13-7-5-12(6-8-13)15-14(11-20)18(26)21-17(23)16(15)22-9-3-2-4-10-22/h2-10,15-16H,1H3,(H-,21,23,26)/p+1/t15-,16+/m0/s1. The summed E-state index contributed by atoms with van der Waals surface area (Å²) in [5.41, 5.74) is 1.49. The third-order valence-corrected chi connectivity index (χ3v) is 4.62. The molecule has 2 atom stereocenters. The first-order valence-electron chi connectivity index (χ1n) is 7.85. The van der Waals surface area contributed by atoms with Crippen LogP contribution < -0.4 is 9.88 Å². The molecule has 1 aliphatic rings. The molecule has 1 N–H and O–H groups in total. The van der Waals surface area contributed by atoms with Gasteiger partial charge in [0, 0.05) is 12.1 Å². The van der Waals surface area contributed by atoms with Crippen LogP contribution in [0.4, 0.5) is 0 Å². The highest BCUT2D eigenvalue weighted by molar-refractivity contribution is 7.84. The summed E-state index contributed by atoms with van der Waals surface area (Å²) in [6.45, 7) is 0. The number of thiol groups is 1. The third kappa shape index (κ3) is 3.19. The van der Waals surface area contributed by atoms with Crippen LogP contribution in [0.15, 0.2) is 65.5 Å². The maximum atomic E-state index is 12.7. The van der Waals surface area contributed by atoms with Gasteiger partial charge in [-0.1, -0.05) is 18.2 Å². The molecule has 0 spiro atoms. The van der Waals surface area contributed by atoms with E-state index in [4.69, 9.17) is 4.74 Å². The van der Waals surface area contributed by atoms with Gasteiger partial charge in [0.15, 0.2) is 12.4 Å². The van der Waals surface area contributed by atoms with Crippen molar-refractivity contribution >= 4 is 24.5 Å². The Hall–Kier alpha value is -3.11. The maximum absolute atomic E-state index is 12.7. The molecule has 1 aromatic carbocycles. The number of benzene rings is 1. The zero-order chi connectivity index (χ0) is 18.7. The Bertz CT molecular complexity index is 917. The van der Waals surface area contributed by atoms with Crippen LogP contribution >= 0.6 is 12.6 Å². The van der Waals surface area contributed by atoms with Crippen LogP contribution in [0.5, 0.6) is 0 Å². The predicted molar refractivity (Wildman–Crippen MR) is 96.0 cm³/mol. The Balaban J connectivity index is 2.12. The molecule has 0 aliphatic carbocycles. The topological polar surface area (TPSA) is 83.1 Å². The maximum Gasteiger partial charge on any atom is 0.337 e. The molecule has 1 aromatic heterocycles. The normalized spacial score (nSPS) is 19.5. The summed E-state index contributed by atoms with van der Waals surface area (Å²) < 4.78 is 6.46. The number of methoxy groups -OCH3 is 1. The second-order valence-electron chi connectivity index (χ2n) is 5.72. The van der Waals surface area contributed by atoms with Gasteiger partial charge in [-0.3, -0.25) is 4.79 Å². The fourth-order valence-corrected chi connectivity index (χ4v) is 3.33. The highest BCUT2D eigenvalue weighted by Gasteiger charge is 2.44. The lowest BCUT2D eigenvalue weighted by atomic mass is 9.82. The summed E-state index contributed by atoms with van der Waals surface area (Å²) >= 11 is 4.27. The zero-order valence-electron chi connectivity index (χ0n) is 13.9. The minimum atomic E-state index is -0.647. The number of carbonyl (C=O) groups is 2. The van der Waals surface area contributed by atoms with Gasteiger partial charge in [0.2, 0.25) is 6.04 Å². The number of hydrogen-bond acceptors (Lipinski definition) is 5. The quantitative estimate of drug-likeness (QED) is 0.494. The number of nitrogens with one attached hydrogen (secondary N) is 1. The first kappa shape index (κ1) is 17.7. The molecule has 0 saturated carbocycles. The molecule has 0 saturated heterocycles. The molecule has 1 aliphatic heterocycles. The van der Waals surface area contributed by atoms with Gasteiger partial charge >= 0.3 is 5.97 Å². The number of rotatable bonds is 3. The van der Waals surface area contributed by atoms with Crippen molar-refractivity contribution in [2.75, 3.05) is 7.11 Å². The molecule has 130 valence electrons. The van der Waals surface area contributed by atoms with Crippen LogP contribution in [0.25, 0.3) is 0 Å². The van der Waals surface area contributed by atoms with E-state index in [2.05, 4.69) is 24.0 Å². The largest absolute Gasteiger partial charge is 0.465 e. The van der Waals surface area contributed by atoms with Crippen molar-refractivity contribution in [1.29, 1.82) is 5.26 Å². The summed E-state index contributed by atoms with van der Waals surface area (Å²) in [5.74, 6) is -1.23. The molecule has 0 unspecified atom stereocenters. The van der Waals surface area contributed by atoms with E-state index in [9.17, 15) is 14.9 Å². The average Bonchev–Trinajstić information content (AvgIpc) is 2.67. The van der Waals surface area contributed by atoms with Crippen molar-refractivity contribution in [2.45, 2.75) is 12.0 Å². The summed E-state index contributed by atoms with van der Waals surface area (Å²) in [4.78, 5) is 24.3. The number of aromatic nitrogens is 1. The Kier molecular flexibility index (Phi) is 5.05. The van der Waals surface area contributed by atoms with Crippen LogP contribution in [0.2, 0.25) is 0 Å². The molecule has 26 heavy (non-hydrogen) atoms. The van der Waals surface area contributed by atoms with Gasteiger partial charge in [-0.05, 0) is 17.7 Å². The Labute approximate surface area is 156 Å². The van der Waals surface area contributed by atoms with Gasteiger partial charge in [0.1, 0.15) is 0 Å². The van der Waals surface area contributed by atoms with Gasteiger partial charge in [0.05, 0.1) is 35.3 Å². The number of amides is 1. The number of pyridine rings is 1. The summed E-state index contributed by atoms with van der Waals surface area (Å²) in [7, 11) is 1.31. The first-order valence-corrected chi connectivity index (χ1v) is 8.29. The van der Waals surface area contributed by atoms with Gasteiger partial charge in [0.25, 0.3) is 5.91 Å². The van der Waals surface area contributed by atoms with E-state index >= 15 is 0 Å². The molecule has 0 radical (unpaired) electrons. The number of allylic oxidation sites excluding steroid dienone is 1. The van der Waals surface area contributed by atoms with Crippen LogP contribution in [-0.2, 0) is 9.53 Å². The summed E-state index contributed by atoms with van der Waals surface area (Å²) in [6.07, 6.45) is 3.55. The predicted octanol–water partition coefficient (Wildman–Crippen LogP) is 1.88. The first-order chi connectivity index (χ1) is 12.6. The molecular weight excluding hydrogens is 350 g/mol. The number of nitriles is 1. The Morgan fingerprint density at radius 1 is 1.23 bits per heavy atom. The number of ether oxygens (including phenoxy) is 1. The zero-order valence-corrected chi connectivity index (χ0v) is 14.8. The van der Waals surface area contributed by atoms with Crippen molar-refractivity contribution < 1.29 is 18.9 Å². The van der Waals surface area contributed by atoms with Gasteiger partial charge < -0.3 is 10.1 Å². The number of carbonyl (C=O) groups excluding carboxylic acids is 2. The average molecular weight is 366 g/mol. The fraction of sp³-hybridized carbons (Fsp3) is 0.158. The highest BCUT2D eigenvalue weighted by atomic mass is 32.1. The second kappa shape index (κ2) is 7.42. The molecule has 2 heterocycles. The molecule has 3 rings (SSSR count). The lowest BCUT2D eigenvalue weighted by Gasteiger charge is -2.27. The van der Waals surface area contributed by atoms with Crippen molar-refractivity contribution in [2.24, 2.45) is 0 Å². The SMILES string of the molecule is COC(=O)c1ccc([C@H]2C(C#N)=C(S)NC(=O)[C@@H]2[n+]2ccccc2)cc1. The van der Waals surface area contributed by atoms with E-state index in [1.54, 1.807) is 41.2 Å². The molecule has 6 nitrogen and oxygen atoms in total. The third-order valence-electron chi connectivity index (χ3n) is 4.26. The Morgan fingerprint density at radius 2 is 1.88 bits per heavy atom. The smallest absolute Gasteiger partial charge is 0.337 e. The van der Waals surface area contributed by atoms with Crippen LogP contribution in [0.3, 0.4) is 0 Å². The lowest BCUT2D eigenvalue weighted by molar-refractivity contribution is -0.711. The lowest BCUT2D eigenvalue weighted by Crippen LogP contribution is -2.53. The van der Waals surface area contributed by atoms with Gasteiger partial charge in [-0.25, -0.2) is 4.79 Å². The number of hydrogen-bond donors (Lipinski definition) is 2. The van der Waals surface area contributed by atoms with E-state index in [-0.39, 0.29) is 10.9 Å². The van der Waals surface area contributed by atoms with E-state index < -0.39 is 17.9 Å². The second-order valence-corrected chi connectivity index (χ2v) is 6.17. The van der Waals surface area contributed by atoms with Crippen LogP contribution in [-0.4, -0.2) is 19.0 Å². The minimum absolute atomic E-state index is 0.243. The fourth-order valence-electron chi connectivity index (χ4n) is 3.04. The summed E-state index contributed by atoms with van der Waals surface area (Å²) in [5, 5.41) is 12.5. The molecule has 1 amide bonds. The number of nitrogens with zero attached hydrogens (tertiary/aromatic N) is 2. The summed E-state index contributed by atoms with van der Waals surface area (Å²) in [6, 6.07) is 13.7. The minimum Gasteiger partial charge on any atom is -0.465 e. The van der Waals surface area contributed by atoms with E-state index in [1.807, 2.05) is 18.2 Å². The van der Waals surface area contributed by atoms with Crippen LogP contribution in [0.1, 0.15) is 27.9 Å². The molecule has 0 bridgehead atoms. The van der Waals surface area contributed by atoms with E-state index in [0.29, 0.717) is 11.1 Å². The van der Waals surface area contributed by atoms with Crippen molar-refractivity contribution in [3.8, 4) is 6.07 Å². The van der Waals surface area contributed by atoms with Crippen molar-refractivity contribution in [3.05, 3.63) is 76.6 Å².